The smallest absolute Gasteiger partial charge is 0.248 e. The maximum Gasteiger partial charge on any atom is 0.248 e. The van der Waals surface area contributed by atoms with Gasteiger partial charge in [0.1, 0.15) is 10.9 Å². The Bertz CT molecular complexity index is 2310. The van der Waals surface area contributed by atoms with Gasteiger partial charge >= 0.3 is 0 Å². The SMILES string of the molecule is C=C/C=c1/oc2nc3n(-c4ccc5c(c4)c(C=C)c(/C=C\C)n5-c4ccc(C)cc4)c4ccccc4n3c2/c1=C/C. The molecule has 0 radical (unpaired) electrons. The first-order valence-electron chi connectivity index (χ1n) is 13.8. The largest absolute Gasteiger partial charge is 0.436 e. The minimum Gasteiger partial charge on any atom is -0.436 e. The molecule has 0 bridgehead atoms. The molecule has 0 N–H and O–H groups in total. The summed E-state index contributed by atoms with van der Waals surface area (Å²) in [6.07, 6.45) is 11.9. The van der Waals surface area contributed by atoms with Crippen LogP contribution in [0.3, 0.4) is 0 Å². The highest BCUT2D eigenvalue weighted by Crippen LogP contribution is 2.35. The van der Waals surface area contributed by atoms with Crippen molar-refractivity contribution in [2.45, 2.75) is 20.8 Å². The van der Waals surface area contributed by atoms with Crippen LogP contribution in [0, 0.1) is 6.92 Å². The normalized spacial score (nSPS) is 13.1. The predicted octanol–water partition coefficient (Wildman–Crippen LogP) is 7.72. The summed E-state index contributed by atoms with van der Waals surface area (Å²) >= 11 is 0. The molecular formula is C36H30N4O. The molecule has 0 aliphatic heterocycles. The highest BCUT2D eigenvalue weighted by molar-refractivity contribution is 5.98. The lowest BCUT2D eigenvalue weighted by Crippen LogP contribution is -2.20. The van der Waals surface area contributed by atoms with Gasteiger partial charge in [0.05, 0.1) is 22.2 Å². The van der Waals surface area contributed by atoms with E-state index in [1.165, 1.54) is 5.56 Å². The fourth-order valence-electron chi connectivity index (χ4n) is 6.04. The summed E-state index contributed by atoms with van der Waals surface area (Å²) in [5.41, 5.74) is 11.2. The Balaban J connectivity index is 1.58. The van der Waals surface area contributed by atoms with Gasteiger partial charge in [-0.15, -0.1) is 0 Å². The van der Waals surface area contributed by atoms with Crippen molar-refractivity contribution in [3.8, 4) is 11.4 Å². The lowest BCUT2D eigenvalue weighted by molar-refractivity contribution is 0.566. The molecule has 5 heteroatoms. The van der Waals surface area contributed by atoms with Crippen LogP contribution in [-0.2, 0) is 0 Å². The summed E-state index contributed by atoms with van der Waals surface area (Å²) in [4.78, 5) is 5.02. The monoisotopic (exact) mass is 534 g/mol. The highest BCUT2D eigenvalue weighted by atomic mass is 16.3. The number of allylic oxidation sites excluding steroid dienone is 2. The molecule has 0 amide bonds. The first kappa shape index (κ1) is 24.7. The summed E-state index contributed by atoms with van der Waals surface area (Å²) in [5, 5.41) is 2.13. The molecule has 4 heterocycles. The van der Waals surface area contributed by atoms with Crippen molar-refractivity contribution in [1.29, 1.82) is 0 Å². The van der Waals surface area contributed by atoms with E-state index in [-0.39, 0.29) is 0 Å². The number of rotatable bonds is 5. The Labute approximate surface area is 237 Å². The van der Waals surface area contributed by atoms with Gasteiger partial charge in [0, 0.05) is 27.5 Å². The van der Waals surface area contributed by atoms with E-state index in [1.54, 1.807) is 6.08 Å². The van der Waals surface area contributed by atoms with Gasteiger partial charge in [-0.2, -0.15) is 4.98 Å². The number of nitrogens with zero attached hydrogens (tertiary/aromatic N) is 4. The van der Waals surface area contributed by atoms with Gasteiger partial charge in [-0.25, -0.2) is 0 Å². The molecule has 4 aromatic heterocycles. The molecule has 7 aromatic rings. The minimum atomic E-state index is 0.606. The molecule has 200 valence electrons. The van der Waals surface area contributed by atoms with Crippen LogP contribution in [0.2, 0.25) is 0 Å². The summed E-state index contributed by atoms with van der Waals surface area (Å²) in [6.45, 7) is 14.2. The third kappa shape index (κ3) is 3.52. The van der Waals surface area contributed by atoms with Gasteiger partial charge in [-0.05, 0) is 75.4 Å². The Morgan fingerprint density at radius 2 is 1.61 bits per heavy atom. The average Bonchev–Trinajstić information content (AvgIpc) is 3.69. The van der Waals surface area contributed by atoms with Crippen molar-refractivity contribution in [1.82, 2.24) is 18.5 Å². The van der Waals surface area contributed by atoms with E-state index in [4.69, 9.17) is 9.40 Å². The molecule has 7 rings (SSSR count). The molecule has 0 saturated carbocycles. The molecule has 0 atom stereocenters. The van der Waals surface area contributed by atoms with Gasteiger partial charge in [-0.3, -0.25) is 8.97 Å². The third-order valence-electron chi connectivity index (χ3n) is 7.78. The van der Waals surface area contributed by atoms with Crippen LogP contribution in [0.15, 0.2) is 96.5 Å². The third-order valence-corrected chi connectivity index (χ3v) is 7.78. The van der Waals surface area contributed by atoms with Crippen LogP contribution >= 0.6 is 0 Å². The quantitative estimate of drug-likeness (QED) is 0.227. The zero-order valence-electron chi connectivity index (χ0n) is 23.4. The summed E-state index contributed by atoms with van der Waals surface area (Å²) in [6, 6.07) is 23.7. The van der Waals surface area contributed by atoms with Crippen molar-refractivity contribution in [3.05, 3.63) is 119 Å². The second-order valence-corrected chi connectivity index (χ2v) is 10.2. The zero-order valence-corrected chi connectivity index (χ0v) is 23.4. The van der Waals surface area contributed by atoms with Crippen LogP contribution in [-0.4, -0.2) is 18.5 Å². The summed E-state index contributed by atoms with van der Waals surface area (Å²) in [5.74, 6) is 0.805. The molecule has 0 saturated heterocycles. The van der Waals surface area contributed by atoms with Crippen molar-refractivity contribution in [2.75, 3.05) is 0 Å². The fraction of sp³-hybridized carbons (Fsp3) is 0.0833. The molecule has 0 spiro atoms. The topological polar surface area (TPSA) is 40.3 Å². The Morgan fingerprint density at radius 1 is 0.854 bits per heavy atom. The number of hydrogen-bond donors (Lipinski definition) is 0. The molecule has 0 aliphatic rings. The Hall–Kier alpha value is -5.29. The standard InChI is InChI=1S/C36H30N4O/c1-6-12-29-26(8-3)28-22-25(20-21-30(28)38(29)24-18-16-23(5)17-19-24)39-31-14-10-11-15-32(31)40-34-27(9-4)33(13-7-2)41-35(34)37-36(39)40/h6-22H,2-3H2,1,4-5H3/b12-6-,27-9+,33-13+. The van der Waals surface area contributed by atoms with Crippen molar-refractivity contribution in [2.24, 2.45) is 0 Å². The number of aromatic nitrogens is 4. The fourth-order valence-corrected chi connectivity index (χ4v) is 6.04. The van der Waals surface area contributed by atoms with E-state index in [0.717, 1.165) is 66.5 Å². The maximum absolute atomic E-state index is 6.20. The number of imidazole rings is 2. The van der Waals surface area contributed by atoms with Crippen LogP contribution in [0.5, 0.6) is 0 Å². The van der Waals surface area contributed by atoms with E-state index in [0.29, 0.717) is 5.71 Å². The van der Waals surface area contributed by atoms with Gasteiger partial charge in [-0.1, -0.05) is 67.3 Å². The molecule has 3 aromatic carbocycles. The first-order chi connectivity index (χ1) is 20.1. The zero-order chi connectivity index (χ0) is 28.2. The Morgan fingerprint density at radius 3 is 2.32 bits per heavy atom. The number of aryl methyl sites for hydroxylation is 1. The molecule has 0 aliphatic carbocycles. The van der Waals surface area contributed by atoms with Gasteiger partial charge < -0.3 is 8.98 Å². The van der Waals surface area contributed by atoms with E-state index >= 15 is 0 Å². The van der Waals surface area contributed by atoms with E-state index in [9.17, 15) is 0 Å². The number of para-hydroxylation sites is 2. The number of hydrogen-bond acceptors (Lipinski definition) is 2. The molecule has 0 unspecified atom stereocenters. The molecule has 5 nitrogen and oxygen atoms in total. The number of benzene rings is 3. The summed E-state index contributed by atoms with van der Waals surface area (Å²) < 4.78 is 12.9. The molecule has 41 heavy (non-hydrogen) atoms. The lowest BCUT2D eigenvalue weighted by Gasteiger charge is -2.10. The number of furan rings is 1. The average molecular weight is 535 g/mol. The van der Waals surface area contributed by atoms with Crippen molar-refractivity contribution in [3.63, 3.8) is 0 Å². The second-order valence-electron chi connectivity index (χ2n) is 10.2. The van der Waals surface area contributed by atoms with E-state index in [1.807, 2.05) is 26.0 Å². The maximum atomic E-state index is 6.20. The molecule has 0 fully saturated rings. The minimum absolute atomic E-state index is 0.606. The highest BCUT2D eigenvalue weighted by Gasteiger charge is 2.22. The molecular weight excluding hydrogens is 504 g/mol. The Kier molecular flexibility index (Phi) is 5.68. The van der Waals surface area contributed by atoms with Gasteiger partial charge in [0.15, 0.2) is 0 Å². The van der Waals surface area contributed by atoms with Crippen LogP contribution in [0.25, 0.3) is 74.6 Å². The van der Waals surface area contributed by atoms with Crippen LogP contribution in [0.1, 0.15) is 30.7 Å². The van der Waals surface area contributed by atoms with Crippen LogP contribution < -0.4 is 10.6 Å². The lowest BCUT2D eigenvalue weighted by atomic mass is 10.1. The predicted molar refractivity (Wildman–Crippen MR) is 172 cm³/mol. The first-order valence-corrected chi connectivity index (χ1v) is 13.8. The van der Waals surface area contributed by atoms with Crippen molar-refractivity contribution < 1.29 is 4.42 Å². The van der Waals surface area contributed by atoms with Crippen molar-refractivity contribution >= 4 is 63.2 Å². The van der Waals surface area contributed by atoms with Crippen LogP contribution in [0.4, 0.5) is 0 Å². The van der Waals surface area contributed by atoms with Gasteiger partial charge in [0.25, 0.3) is 0 Å². The van der Waals surface area contributed by atoms with E-state index < -0.39 is 0 Å². The number of fused-ring (bicyclic) bond motifs is 6. The second kappa shape index (κ2) is 9.42. The van der Waals surface area contributed by atoms with E-state index in [2.05, 4.69) is 119 Å². The van der Waals surface area contributed by atoms with Gasteiger partial charge in [0.2, 0.25) is 11.5 Å². The summed E-state index contributed by atoms with van der Waals surface area (Å²) in [7, 11) is 0.